The van der Waals surface area contributed by atoms with E-state index in [4.69, 9.17) is 5.26 Å². The number of hydrogen-bond donors (Lipinski definition) is 1. The van der Waals surface area contributed by atoms with Crippen LogP contribution in [-0.2, 0) is 6.54 Å². The molecule has 1 N–H and O–H groups in total. The van der Waals surface area contributed by atoms with E-state index in [-0.39, 0.29) is 0 Å². The molecule has 0 radical (unpaired) electrons. The van der Waals surface area contributed by atoms with Gasteiger partial charge in [-0.05, 0) is 37.2 Å². The highest BCUT2D eigenvalue weighted by molar-refractivity contribution is 5.42. The van der Waals surface area contributed by atoms with Crippen LogP contribution in [0.1, 0.15) is 17.0 Å². The minimum atomic E-state index is 0.408. The summed E-state index contributed by atoms with van der Waals surface area (Å²) in [4.78, 5) is 3.99. The smallest absolute Gasteiger partial charge is 0.217 e. The van der Waals surface area contributed by atoms with E-state index in [0.29, 0.717) is 5.82 Å². The quantitative estimate of drug-likeness (QED) is 0.867. The SMILES string of the molecule is CNCc1ccc(-n2ccnc2C#N)cc1C. The lowest BCUT2D eigenvalue weighted by molar-refractivity contribution is 0.811. The Hall–Kier alpha value is -2.12. The van der Waals surface area contributed by atoms with E-state index in [2.05, 4.69) is 35.4 Å². The summed E-state index contributed by atoms with van der Waals surface area (Å²) >= 11 is 0. The van der Waals surface area contributed by atoms with Crippen LogP contribution in [0, 0.1) is 18.3 Å². The molecule has 4 heteroatoms. The van der Waals surface area contributed by atoms with Gasteiger partial charge in [0, 0.05) is 24.6 Å². The van der Waals surface area contributed by atoms with E-state index >= 15 is 0 Å². The van der Waals surface area contributed by atoms with Crippen molar-refractivity contribution in [2.75, 3.05) is 7.05 Å². The number of aryl methyl sites for hydroxylation is 1. The molecule has 0 saturated heterocycles. The third kappa shape index (κ3) is 2.19. The van der Waals surface area contributed by atoms with Gasteiger partial charge in [0.2, 0.25) is 5.82 Å². The number of rotatable bonds is 3. The number of nitrogens with zero attached hydrogens (tertiary/aromatic N) is 3. The summed E-state index contributed by atoms with van der Waals surface area (Å²) in [6.45, 7) is 2.92. The molecule has 0 amide bonds. The van der Waals surface area contributed by atoms with Gasteiger partial charge in [0.25, 0.3) is 0 Å². The van der Waals surface area contributed by atoms with Gasteiger partial charge in [0.05, 0.1) is 0 Å². The minimum Gasteiger partial charge on any atom is -0.316 e. The number of imidazole rings is 1. The summed E-state index contributed by atoms with van der Waals surface area (Å²) in [5, 5.41) is 12.1. The van der Waals surface area contributed by atoms with Gasteiger partial charge >= 0.3 is 0 Å². The number of nitrogens with one attached hydrogen (secondary N) is 1. The average molecular weight is 226 g/mol. The standard InChI is InChI=1S/C13H14N4/c1-10-7-12(4-3-11(10)9-15-2)17-6-5-16-13(17)8-14/h3-7,15H,9H2,1-2H3. The molecule has 0 fully saturated rings. The molecule has 0 unspecified atom stereocenters. The number of nitriles is 1. The summed E-state index contributed by atoms with van der Waals surface area (Å²) in [6.07, 6.45) is 3.43. The Balaban J connectivity index is 2.42. The summed E-state index contributed by atoms with van der Waals surface area (Å²) in [5.74, 6) is 0.408. The van der Waals surface area contributed by atoms with E-state index in [0.717, 1.165) is 12.2 Å². The second-order valence-electron chi connectivity index (χ2n) is 3.87. The highest BCUT2D eigenvalue weighted by Gasteiger charge is 2.05. The van der Waals surface area contributed by atoms with Crippen LogP contribution in [0.2, 0.25) is 0 Å². The van der Waals surface area contributed by atoms with Crippen molar-refractivity contribution in [3.63, 3.8) is 0 Å². The van der Waals surface area contributed by atoms with Crippen molar-refractivity contribution in [1.29, 1.82) is 5.26 Å². The first kappa shape index (κ1) is 11.4. The Kier molecular flexibility index (Phi) is 3.22. The van der Waals surface area contributed by atoms with Crippen molar-refractivity contribution >= 4 is 0 Å². The second-order valence-corrected chi connectivity index (χ2v) is 3.87. The Morgan fingerprint density at radius 2 is 2.29 bits per heavy atom. The van der Waals surface area contributed by atoms with Gasteiger partial charge < -0.3 is 5.32 Å². The Labute approximate surface area is 101 Å². The lowest BCUT2D eigenvalue weighted by atomic mass is 10.1. The summed E-state index contributed by atoms with van der Waals surface area (Å²) in [7, 11) is 1.93. The fourth-order valence-electron chi connectivity index (χ4n) is 1.81. The summed E-state index contributed by atoms with van der Waals surface area (Å²) in [6, 6.07) is 8.21. The molecular formula is C13H14N4. The van der Waals surface area contributed by atoms with Gasteiger partial charge in [-0.2, -0.15) is 5.26 Å². The van der Waals surface area contributed by atoms with Gasteiger partial charge in [0.1, 0.15) is 6.07 Å². The Morgan fingerprint density at radius 1 is 1.47 bits per heavy atom. The molecule has 0 spiro atoms. The molecule has 0 aliphatic rings. The van der Waals surface area contributed by atoms with Crippen LogP contribution < -0.4 is 5.32 Å². The predicted octanol–water partition coefficient (Wildman–Crippen LogP) is 1.77. The maximum atomic E-state index is 8.93. The van der Waals surface area contributed by atoms with E-state index in [1.165, 1.54) is 11.1 Å². The molecule has 2 aromatic rings. The molecular weight excluding hydrogens is 212 g/mol. The summed E-state index contributed by atoms with van der Waals surface area (Å²) in [5.41, 5.74) is 3.43. The Morgan fingerprint density at radius 3 is 2.94 bits per heavy atom. The van der Waals surface area contributed by atoms with Gasteiger partial charge in [-0.3, -0.25) is 4.57 Å². The van der Waals surface area contributed by atoms with Gasteiger partial charge in [-0.25, -0.2) is 4.98 Å². The van der Waals surface area contributed by atoms with E-state index in [1.807, 2.05) is 13.1 Å². The zero-order valence-electron chi connectivity index (χ0n) is 9.94. The molecule has 0 aliphatic heterocycles. The van der Waals surface area contributed by atoms with Gasteiger partial charge in [0.15, 0.2) is 0 Å². The van der Waals surface area contributed by atoms with Crippen molar-refractivity contribution in [2.24, 2.45) is 0 Å². The maximum absolute atomic E-state index is 8.93. The monoisotopic (exact) mass is 226 g/mol. The van der Waals surface area contributed by atoms with E-state index in [1.54, 1.807) is 17.0 Å². The fourth-order valence-corrected chi connectivity index (χ4v) is 1.81. The maximum Gasteiger partial charge on any atom is 0.217 e. The third-order valence-electron chi connectivity index (χ3n) is 2.71. The van der Waals surface area contributed by atoms with Crippen LogP contribution in [0.15, 0.2) is 30.6 Å². The Bertz CT molecular complexity index is 563. The molecule has 4 nitrogen and oxygen atoms in total. The van der Waals surface area contributed by atoms with Crippen molar-refractivity contribution < 1.29 is 0 Å². The van der Waals surface area contributed by atoms with Crippen LogP contribution in [0.3, 0.4) is 0 Å². The lowest BCUT2D eigenvalue weighted by Gasteiger charge is -2.09. The molecule has 17 heavy (non-hydrogen) atoms. The van der Waals surface area contributed by atoms with Crippen LogP contribution in [0.4, 0.5) is 0 Å². The zero-order valence-corrected chi connectivity index (χ0v) is 9.94. The van der Waals surface area contributed by atoms with Gasteiger partial charge in [-0.1, -0.05) is 6.07 Å². The molecule has 0 bridgehead atoms. The topological polar surface area (TPSA) is 53.6 Å². The first-order valence-electron chi connectivity index (χ1n) is 5.44. The van der Waals surface area contributed by atoms with Crippen LogP contribution >= 0.6 is 0 Å². The van der Waals surface area contributed by atoms with Crippen LogP contribution in [0.25, 0.3) is 5.69 Å². The number of benzene rings is 1. The molecule has 0 atom stereocenters. The molecule has 0 aliphatic carbocycles. The zero-order chi connectivity index (χ0) is 12.3. The highest BCUT2D eigenvalue weighted by atomic mass is 15.1. The van der Waals surface area contributed by atoms with Crippen molar-refractivity contribution in [3.05, 3.63) is 47.5 Å². The fraction of sp³-hybridized carbons (Fsp3) is 0.231. The van der Waals surface area contributed by atoms with Crippen molar-refractivity contribution in [2.45, 2.75) is 13.5 Å². The average Bonchev–Trinajstić information content (AvgIpc) is 2.80. The predicted molar refractivity (Wildman–Crippen MR) is 65.8 cm³/mol. The number of aromatic nitrogens is 2. The normalized spacial score (nSPS) is 10.2. The van der Waals surface area contributed by atoms with Crippen molar-refractivity contribution in [3.8, 4) is 11.8 Å². The first-order chi connectivity index (χ1) is 8.26. The van der Waals surface area contributed by atoms with E-state index in [9.17, 15) is 0 Å². The largest absolute Gasteiger partial charge is 0.316 e. The first-order valence-corrected chi connectivity index (χ1v) is 5.44. The second kappa shape index (κ2) is 4.81. The van der Waals surface area contributed by atoms with Crippen LogP contribution in [0.5, 0.6) is 0 Å². The summed E-state index contributed by atoms with van der Waals surface area (Å²) < 4.78 is 1.79. The molecule has 2 rings (SSSR count). The van der Waals surface area contributed by atoms with E-state index < -0.39 is 0 Å². The minimum absolute atomic E-state index is 0.408. The lowest BCUT2D eigenvalue weighted by Crippen LogP contribution is -2.07. The van der Waals surface area contributed by atoms with Gasteiger partial charge in [-0.15, -0.1) is 0 Å². The molecule has 1 aromatic carbocycles. The molecule has 1 aromatic heterocycles. The molecule has 86 valence electrons. The molecule has 0 saturated carbocycles. The molecule has 1 heterocycles. The van der Waals surface area contributed by atoms with Crippen LogP contribution in [-0.4, -0.2) is 16.6 Å². The number of hydrogen-bond acceptors (Lipinski definition) is 3. The van der Waals surface area contributed by atoms with Crippen molar-refractivity contribution in [1.82, 2.24) is 14.9 Å². The third-order valence-corrected chi connectivity index (χ3v) is 2.71. The highest BCUT2D eigenvalue weighted by Crippen LogP contribution is 2.16.